The van der Waals surface area contributed by atoms with E-state index in [1.54, 1.807) is 0 Å². The van der Waals surface area contributed by atoms with Gasteiger partial charge in [0, 0.05) is 19.1 Å². The number of hydrogen-bond acceptors (Lipinski definition) is 3. The molecule has 1 aliphatic rings. The zero-order chi connectivity index (χ0) is 11.7. The highest BCUT2D eigenvalue weighted by Crippen LogP contribution is 2.06. The van der Waals surface area contributed by atoms with E-state index in [1.165, 1.54) is 19.3 Å². The van der Waals surface area contributed by atoms with Gasteiger partial charge in [-0.2, -0.15) is 0 Å². The summed E-state index contributed by atoms with van der Waals surface area (Å²) in [5.41, 5.74) is -0.318. The Kier molecular flexibility index (Phi) is 6.61. The first-order chi connectivity index (χ1) is 6.99. The number of terminal acetylenes is 1. The number of ether oxygens (including phenoxy) is 1. The van der Waals surface area contributed by atoms with Crippen molar-refractivity contribution >= 4 is 6.47 Å². The van der Waals surface area contributed by atoms with Gasteiger partial charge in [0.15, 0.2) is 0 Å². The quantitative estimate of drug-likeness (QED) is 0.491. The standard InChI is InChI=1S/C7H11N.C5H10O2/c1-2-8-6-4-3-5-7-8;1-5(2,3)7-4-6/h1H,3-7H2;4H,1-3H3. The second-order valence-corrected chi connectivity index (χ2v) is 4.50. The Morgan fingerprint density at radius 3 is 2.00 bits per heavy atom. The summed E-state index contributed by atoms with van der Waals surface area (Å²) >= 11 is 0. The third-order valence-electron chi connectivity index (χ3n) is 1.94. The molecule has 1 saturated heterocycles. The molecule has 1 aliphatic heterocycles. The van der Waals surface area contributed by atoms with Crippen LogP contribution < -0.4 is 0 Å². The predicted octanol–water partition coefficient (Wildman–Crippen LogP) is 2.02. The SMILES string of the molecule is C#CN1CCCCC1.CC(C)(C)OC=O. The molecule has 0 spiro atoms. The molecule has 0 atom stereocenters. The maximum absolute atomic E-state index is 9.60. The fourth-order valence-corrected chi connectivity index (χ4v) is 1.17. The maximum Gasteiger partial charge on any atom is 0.293 e. The zero-order valence-electron chi connectivity index (χ0n) is 9.95. The third kappa shape index (κ3) is 9.14. The molecule has 1 rings (SSSR count). The van der Waals surface area contributed by atoms with Crippen molar-refractivity contribution in [1.29, 1.82) is 0 Å². The Labute approximate surface area is 92.8 Å². The number of nitrogens with zero attached hydrogens (tertiary/aromatic N) is 1. The Bertz CT molecular complexity index is 207. The average Bonchev–Trinajstić information content (AvgIpc) is 2.18. The minimum Gasteiger partial charge on any atom is -0.462 e. The van der Waals surface area contributed by atoms with E-state index >= 15 is 0 Å². The Morgan fingerprint density at radius 1 is 1.27 bits per heavy atom. The number of rotatable bonds is 1. The Morgan fingerprint density at radius 2 is 1.80 bits per heavy atom. The monoisotopic (exact) mass is 211 g/mol. The fraction of sp³-hybridized carbons (Fsp3) is 0.750. The number of likely N-dealkylation sites (tertiary alicyclic amines) is 1. The molecule has 0 amide bonds. The van der Waals surface area contributed by atoms with E-state index in [-0.39, 0.29) is 5.60 Å². The summed E-state index contributed by atoms with van der Waals surface area (Å²) in [5, 5.41) is 0. The molecule has 3 nitrogen and oxygen atoms in total. The van der Waals surface area contributed by atoms with E-state index in [2.05, 4.69) is 10.8 Å². The summed E-state index contributed by atoms with van der Waals surface area (Å²) in [6.07, 6.45) is 9.10. The van der Waals surface area contributed by atoms with E-state index in [1.807, 2.05) is 25.7 Å². The van der Waals surface area contributed by atoms with Crippen molar-refractivity contribution < 1.29 is 9.53 Å². The van der Waals surface area contributed by atoms with Crippen LogP contribution >= 0.6 is 0 Å². The molecule has 0 aromatic rings. The topological polar surface area (TPSA) is 29.5 Å². The second kappa shape index (κ2) is 7.17. The van der Waals surface area contributed by atoms with Crippen molar-refractivity contribution in [3.8, 4) is 12.5 Å². The van der Waals surface area contributed by atoms with Crippen LogP contribution in [0.25, 0.3) is 0 Å². The van der Waals surface area contributed by atoms with Crippen LogP contribution in [0.1, 0.15) is 40.0 Å². The normalized spacial score (nSPS) is 15.7. The van der Waals surface area contributed by atoms with Crippen molar-refractivity contribution in [3.63, 3.8) is 0 Å². The van der Waals surface area contributed by atoms with Crippen molar-refractivity contribution in [3.05, 3.63) is 0 Å². The molecule has 0 bridgehead atoms. The summed E-state index contributed by atoms with van der Waals surface area (Å²) in [6, 6.07) is 2.64. The second-order valence-electron chi connectivity index (χ2n) is 4.50. The lowest BCUT2D eigenvalue weighted by molar-refractivity contribution is -0.138. The molecule has 0 unspecified atom stereocenters. The predicted molar refractivity (Wildman–Crippen MR) is 61.2 cm³/mol. The van der Waals surface area contributed by atoms with Gasteiger partial charge in [-0.15, -0.1) is 0 Å². The fourth-order valence-electron chi connectivity index (χ4n) is 1.17. The molecular formula is C12H21NO2. The molecule has 0 aromatic heterocycles. The van der Waals surface area contributed by atoms with Gasteiger partial charge in [0.1, 0.15) is 5.60 Å². The molecule has 86 valence electrons. The van der Waals surface area contributed by atoms with Gasteiger partial charge in [0.2, 0.25) is 0 Å². The van der Waals surface area contributed by atoms with Gasteiger partial charge in [-0.1, -0.05) is 6.42 Å². The number of carbonyl (C=O) groups excluding carboxylic acids is 1. The van der Waals surface area contributed by atoms with Crippen LogP contribution in [-0.4, -0.2) is 30.1 Å². The number of hydrogen-bond donors (Lipinski definition) is 0. The number of carbonyl (C=O) groups is 1. The first-order valence-electron chi connectivity index (χ1n) is 5.32. The molecule has 1 heterocycles. The van der Waals surface area contributed by atoms with Gasteiger partial charge in [-0.3, -0.25) is 4.79 Å². The van der Waals surface area contributed by atoms with Crippen LogP contribution in [0.2, 0.25) is 0 Å². The van der Waals surface area contributed by atoms with E-state index in [0.29, 0.717) is 6.47 Å². The van der Waals surface area contributed by atoms with Gasteiger partial charge in [0.05, 0.1) is 0 Å². The summed E-state index contributed by atoms with van der Waals surface area (Å²) in [5.74, 6) is 0. The highest BCUT2D eigenvalue weighted by molar-refractivity contribution is 5.37. The van der Waals surface area contributed by atoms with Crippen molar-refractivity contribution in [2.75, 3.05) is 13.1 Å². The minimum atomic E-state index is -0.318. The van der Waals surface area contributed by atoms with Gasteiger partial charge in [-0.05, 0) is 40.0 Å². The van der Waals surface area contributed by atoms with Crippen molar-refractivity contribution in [2.45, 2.75) is 45.6 Å². The molecule has 0 radical (unpaired) electrons. The maximum atomic E-state index is 9.60. The van der Waals surface area contributed by atoms with Crippen molar-refractivity contribution in [1.82, 2.24) is 4.90 Å². The molecule has 1 fully saturated rings. The van der Waals surface area contributed by atoms with E-state index < -0.39 is 0 Å². The third-order valence-corrected chi connectivity index (χ3v) is 1.94. The summed E-state index contributed by atoms with van der Waals surface area (Å²) < 4.78 is 4.55. The number of piperidine rings is 1. The minimum absolute atomic E-state index is 0.318. The van der Waals surface area contributed by atoms with E-state index in [9.17, 15) is 4.79 Å². The first-order valence-corrected chi connectivity index (χ1v) is 5.32. The molecule has 0 aliphatic carbocycles. The Balaban J connectivity index is 0.000000265. The molecule has 0 aromatic carbocycles. The lowest BCUT2D eigenvalue weighted by Crippen LogP contribution is -2.24. The van der Waals surface area contributed by atoms with Gasteiger partial charge in [0.25, 0.3) is 6.47 Å². The van der Waals surface area contributed by atoms with Crippen LogP contribution in [-0.2, 0) is 9.53 Å². The lowest BCUT2D eigenvalue weighted by Gasteiger charge is -2.21. The summed E-state index contributed by atoms with van der Waals surface area (Å²) in [4.78, 5) is 11.6. The Hall–Kier alpha value is -1.17. The van der Waals surface area contributed by atoms with Gasteiger partial charge < -0.3 is 9.64 Å². The highest BCUT2D eigenvalue weighted by atomic mass is 16.5. The van der Waals surface area contributed by atoms with Crippen LogP contribution in [0.4, 0.5) is 0 Å². The highest BCUT2D eigenvalue weighted by Gasteiger charge is 2.07. The van der Waals surface area contributed by atoms with Crippen LogP contribution in [0.5, 0.6) is 0 Å². The molecule has 3 heteroatoms. The molecule has 15 heavy (non-hydrogen) atoms. The molecular weight excluding hydrogens is 190 g/mol. The summed E-state index contributed by atoms with van der Waals surface area (Å²) in [7, 11) is 0. The largest absolute Gasteiger partial charge is 0.462 e. The average molecular weight is 211 g/mol. The summed E-state index contributed by atoms with van der Waals surface area (Å²) in [6.45, 7) is 8.14. The smallest absolute Gasteiger partial charge is 0.293 e. The zero-order valence-corrected chi connectivity index (χ0v) is 9.95. The van der Waals surface area contributed by atoms with E-state index in [0.717, 1.165) is 13.1 Å². The van der Waals surface area contributed by atoms with Crippen molar-refractivity contribution in [2.24, 2.45) is 0 Å². The lowest BCUT2D eigenvalue weighted by atomic mass is 10.1. The van der Waals surface area contributed by atoms with E-state index in [4.69, 9.17) is 6.42 Å². The first kappa shape index (κ1) is 13.8. The van der Waals surface area contributed by atoms with Gasteiger partial charge >= 0.3 is 0 Å². The molecule has 0 saturated carbocycles. The van der Waals surface area contributed by atoms with Crippen LogP contribution in [0, 0.1) is 12.5 Å². The van der Waals surface area contributed by atoms with Gasteiger partial charge in [-0.25, -0.2) is 0 Å². The van der Waals surface area contributed by atoms with Crippen LogP contribution in [0.3, 0.4) is 0 Å². The molecule has 0 N–H and O–H groups in total. The van der Waals surface area contributed by atoms with Crippen LogP contribution in [0.15, 0.2) is 0 Å².